The van der Waals surface area contributed by atoms with Crippen molar-refractivity contribution in [3.05, 3.63) is 65.7 Å². The molecule has 0 heterocycles. The first-order valence-corrected chi connectivity index (χ1v) is 13.2. The summed E-state index contributed by atoms with van der Waals surface area (Å²) in [4.78, 5) is 28.1. The lowest BCUT2D eigenvalue weighted by Crippen LogP contribution is -2.52. The molecule has 33 heavy (non-hydrogen) atoms. The number of sulfonamides is 1. The average Bonchev–Trinajstić information content (AvgIpc) is 2.78. The zero-order chi connectivity index (χ0) is 24.4. The van der Waals surface area contributed by atoms with E-state index in [1.807, 2.05) is 45.0 Å². The van der Waals surface area contributed by atoms with E-state index in [-0.39, 0.29) is 19.0 Å². The molecule has 2 rings (SSSR count). The first-order chi connectivity index (χ1) is 15.7. The van der Waals surface area contributed by atoms with Gasteiger partial charge in [-0.3, -0.25) is 13.9 Å². The van der Waals surface area contributed by atoms with E-state index in [4.69, 9.17) is 0 Å². The molecule has 7 nitrogen and oxygen atoms in total. The predicted molar refractivity (Wildman–Crippen MR) is 132 cm³/mol. The zero-order valence-corrected chi connectivity index (χ0v) is 20.8. The van der Waals surface area contributed by atoms with Crippen LogP contribution in [-0.2, 0) is 26.2 Å². The number of amides is 2. The van der Waals surface area contributed by atoms with Crippen molar-refractivity contribution >= 4 is 27.5 Å². The van der Waals surface area contributed by atoms with Crippen LogP contribution in [0.25, 0.3) is 0 Å². The zero-order valence-electron chi connectivity index (χ0n) is 20.0. The lowest BCUT2D eigenvalue weighted by molar-refractivity contribution is -0.140. The quantitative estimate of drug-likeness (QED) is 0.478. The number of nitrogens with zero attached hydrogens (tertiary/aromatic N) is 2. The molecule has 2 aromatic rings. The van der Waals surface area contributed by atoms with Crippen molar-refractivity contribution in [1.29, 1.82) is 0 Å². The summed E-state index contributed by atoms with van der Waals surface area (Å²) in [6.45, 7) is 6.23. The molecule has 0 radical (unpaired) electrons. The fourth-order valence-corrected chi connectivity index (χ4v) is 4.45. The number of nitrogens with one attached hydrogen (secondary N) is 1. The van der Waals surface area contributed by atoms with Crippen molar-refractivity contribution < 1.29 is 18.0 Å². The summed E-state index contributed by atoms with van der Waals surface area (Å²) in [6.07, 6.45) is 3.29. The Bertz CT molecular complexity index is 1020. The van der Waals surface area contributed by atoms with Gasteiger partial charge in [0.15, 0.2) is 0 Å². The first-order valence-electron chi connectivity index (χ1n) is 11.3. The highest BCUT2D eigenvalue weighted by atomic mass is 32.2. The summed E-state index contributed by atoms with van der Waals surface area (Å²) in [5.41, 5.74) is 2.32. The molecule has 0 saturated carbocycles. The summed E-state index contributed by atoms with van der Waals surface area (Å²) >= 11 is 0. The van der Waals surface area contributed by atoms with Gasteiger partial charge < -0.3 is 10.2 Å². The summed E-state index contributed by atoms with van der Waals surface area (Å²) in [5, 5.41) is 2.92. The number of carbonyl (C=O) groups is 2. The molecule has 180 valence electrons. The van der Waals surface area contributed by atoms with Gasteiger partial charge in [-0.05, 0) is 43.0 Å². The molecule has 0 aliphatic rings. The lowest BCUT2D eigenvalue weighted by Gasteiger charge is -2.33. The van der Waals surface area contributed by atoms with E-state index in [0.717, 1.165) is 34.5 Å². The number of para-hydroxylation sites is 1. The molecule has 0 aliphatic heterocycles. The van der Waals surface area contributed by atoms with E-state index >= 15 is 0 Å². The molecule has 0 aliphatic carbocycles. The molecule has 2 aromatic carbocycles. The monoisotopic (exact) mass is 473 g/mol. The molecule has 0 fully saturated rings. The largest absolute Gasteiger partial charge is 0.354 e. The van der Waals surface area contributed by atoms with E-state index in [1.54, 1.807) is 30.3 Å². The Morgan fingerprint density at radius 2 is 1.64 bits per heavy atom. The second-order valence-corrected chi connectivity index (χ2v) is 10.0. The van der Waals surface area contributed by atoms with Crippen LogP contribution in [0.3, 0.4) is 0 Å². The van der Waals surface area contributed by atoms with Gasteiger partial charge in [-0.25, -0.2) is 8.42 Å². The molecule has 1 unspecified atom stereocenters. The maximum absolute atomic E-state index is 13.6. The van der Waals surface area contributed by atoms with E-state index < -0.39 is 22.0 Å². The van der Waals surface area contributed by atoms with Gasteiger partial charge in [0, 0.05) is 13.1 Å². The van der Waals surface area contributed by atoms with Crippen molar-refractivity contribution in [2.24, 2.45) is 0 Å². The number of aryl methyl sites for hydroxylation is 1. The van der Waals surface area contributed by atoms with Crippen LogP contribution in [0.5, 0.6) is 0 Å². The highest BCUT2D eigenvalue weighted by Gasteiger charge is 2.31. The fraction of sp³-hybridized carbons (Fsp3) is 0.440. The summed E-state index contributed by atoms with van der Waals surface area (Å²) in [5.74, 6) is -0.650. The third-order valence-corrected chi connectivity index (χ3v) is 6.68. The Morgan fingerprint density at radius 3 is 2.21 bits per heavy atom. The van der Waals surface area contributed by atoms with Crippen LogP contribution in [0, 0.1) is 6.92 Å². The minimum absolute atomic E-state index is 0.220. The molecule has 1 atom stereocenters. The number of benzene rings is 2. The first kappa shape index (κ1) is 26.4. The van der Waals surface area contributed by atoms with Crippen LogP contribution >= 0.6 is 0 Å². The number of hydrogen-bond donors (Lipinski definition) is 1. The highest BCUT2D eigenvalue weighted by Crippen LogP contribution is 2.20. The van der Waals surface area contributed by atoms with Crippen LogP contribution in [0.2, 0.25) is 0 Å². The molecule has 0 bridgehead atoms. The van der Waals surface area contributed by atoms with Crippen LogP contribution in [0.1, 0.15) is 44.2 Å². The van der Waals surface area contributed by atoms with Gasteiger partial charge in [-0.2, -0.15) is 0 Å². The van der Waals surface area contributed by atoms with E-state index in [2.05, 4.69) is 5.32 Å². The van der Waals surface area contributed by atoms with Crippen LogP contribution < -0.4 is 9.62 Å². The Kier molecular flexibility index (Phi) is 9.91. The van der Waals surface area contributed by atoms with Gasteiger partial charge >= 0.3 is 0 Å². The second-order valence-electron chi connectivity index (χ2n) is 8.12. The SMILES string of the molecule is CCCCNC(=O)C(CC)N(Cc1ccccc1C)C(=O)CN(c1ccccc1)S(C)(=O)=O. The van der Waals surface area contributed by atoms with Crippen molar-refractivity contribution in [3.8, 4) is 0 Å². The maximum atomic E-state index is 13.6. The van der Waals surface area contributed by atoms with Crippen LogP contribution in [0.15, 0.2) is 54.6 Å². The third kappa shape index (κ3) is 7.60. The van der Waals surface area contributed by atoms with Gasteiger partial charge in [-0.1, -0.05) is 62.7 Å². The van der Waals surface area contributed by atoms with Gasteiger partial charge in [0.2, 0.25) is 21.8 Å². The maximum Gasteiger partial charge on any atom is 0.244 e. The van der Waals surface area contributed by atoms with Gasteiger partial charge in [0.1, 0.15) is 12.6 Å². The van der Waals surface area contributed by atoms with Gasteiger partial charge in [-0.15, -0.1) is 0 Å². The van der Waals surface area contributed by atoms with Gasteiger partial charge in [0.25, 0.3) is 0 Å². The number of rotatable bonds is 12. The molecular formula is C25H35N3O4S. The Morgan fingerprint density at radius 1 is 1.00 bits per heavy atom. The molecule has 0 spiro atoms. The Balaban J connectivity index is 2.38. The van der Waals surface area contributed by atoms with E-state index in [0.29, 0.717) is 18.7 Å². The summed E-state index contributed by atoms with van der Waals surface area (Å²) in [6, 6.07) is 15.5. The third-order valence-electron chi connectivity index (χ3n) is 5.54. The second kappa shape index (κ2) is 12.4. The Labute approximate surface area is 197 Å². The van der Waals surface area contributed by atoms with Crippen molar-refractivity contribution in [2.45, 2.75) is 52.6 Å². The smallest absolute Gasteiger partial charge is 0.244 e. The van der Waals surface area contributed by atoms with Crippen molar-refractivity contribution in [1.82, 2.24) is 10.2 Å². The predicted octanol–water partition coefficient (Wildman–Crippen LogP) is 3.48. The normalized spacial score (nSPS) is 12.1. The van der Waals surface area contributed by atoms with E-state index in [1.165, 1.54) is 4.90 Å². The standard InChI is InChI=1S/C25H35N3O4S/c1-5-7-17-26-25(30)23(6-2)27(18-21-14-12-11-13-20(21)3)24(29)19-28(33(4,31)32)22-15-9-8-10-16-22/h8-16,23H,5-7,17-19H2,1-4H3,(H,26,30). The molecule has 0 aromatic heterocycles. The fourth-order valence-electron chi connectivity index (χ4n) is 3.60. The van der Waals surface area contributed by atoms with Crippen molar-refractivity contribution in [3.63, 3.8) is 0 Å². The minimum atomic E-state index is -3.71. The number of carbonyl (C=O) groups excluding carboxylic acids is 2. The number of anilines is 1. The van der Waals surface area contributed by atoms with Crippen molar-refractivity contribution in [2.75, 3.05) is 23.7 Å². The summed E-state index contributed by atoms with van der Waals surface area (Å²) in [7, 11) is -3.71. The molecule has 2 amide bonds. The number of hydrogen-bond acceptors (Lipinski definition) is 4. The van der Waals surface area contributed by atoms with E-state index in [9.17, 15) is 18.0 Å². The molecular weight excluding hydrogens is 438 g/mol. The highest BCUT2D eigenvalue weighted by molar-refractivity contribution is 7.92. The molecule has 8 heteroatoms. The lowest BCUT2D eigenvalue weighted by atomic mass is 10.1. The topological polar surface area (TPSA) is 86.8 Å². The number of unbranched alkanes of at least 4 members (excludes halogenated alkanes) is 1. The summed E-state index contributed by atoms with van der Waals surface area (Å²) < 4.78 is 26.1. The molecule has 0 saturated heterocycles. The van der Waals surface area contributed by atoms with Crippen LogP contribution in [-0.4, -0.2) is 50.5 Å². The van der Waals surface area contributed by atoms with Crippen LogP contribution in [0.4, 0.5) is 5.69 Å². The molecule has 1 N–H and O–H groups in total. The Hall–Kier alpha value is -2.87. The average molecular weight is 474 g/mol. The minimum Gasteiger partial charge on any atom is -0.354 e. The van der Waals surface area contributed by atoms with Gasteiger partial charge in [0.05, 0.1) is 11.9 Å².